The molecule has 0 radical (unpaired) electrons. The van der Waals surface area contributed by atoms with Gasteiger partial charge in [-0.3, -0.25) is 14.7 Å². The van der Waals surface area contributed by atoms with E-state index in [1.54, 1.807) is 7.11 Å². The van der Waals surface area contributed by atoms with E-state index in [0.29, 0.717) is 18.4 Å². The molecular formula is C21H33N3O3. The maximum absolute atomic E-state index is 12.3. The van der Waals surface area contributed by atoms with Gasteiger partial charge in [0.1, 0.15) is 5.75 Å². The highest BCUT2D eigenvalue weighted by atomic mass is 16.5. The van der Waals surface area contributed by atoms with Crippen molar-refractivity contribution >= 4 is 5.91 Å². The second-order valence-electron chi connectivity index (χ2n) is 7.92. The van der Waals surface area contributed by atoms with E-state index in [0.717, 1.165) is 81.1 Å². The fourth-order valence-corrected chi connectivity index (χ4v) is 4.18. The van der Waals surface area contributed by atoms with Crippen molar-refractivity contribution in [3.63, 3.8) is 0 Å². The number of likely N-dealkylation sites (tertiary alicyclic amines) is 1. The number of piperidine rings is 1. The highest BCUT2D eigenvalue weighted by molar-refractivity contribution is 5.76. The minimum Gasteiger partial charge on any atom is -0.496 e. The van der Waals surface area contributed by atoms with Crippen LogP contribution < -0.4 is 10.1 Å². The maximum atomic E-state index is 12.3. The predicted octanol–water partition coefficient (Wildman–Crippen LogP) is 2.60. The molecule has 150 valence electrons. The monoisotopic (exact) mass is 375 g/mol. The molecule has 6 nitrogen and oxygen atoms in total. The third-order valence-electron chi connectivity index (χ3n) is 5.89. The van der Waals surface area contributed by atoms with E-state index in [1.165, 1.54) is 0 Å². The lowest BCUT2D eigenvalue weighted by atomic mass is 9.92. The molecule has 1 amide bonds. The molecule has 0 atom stereocenters. The molecule has 1 N–H and O–H groups in total. The maximum Gasteiger partial charge on any atom is 0.220 e. The number of hydrogen-bond donors (Lipinski definition) is 1. The van der Waals surface area contributed by atoms with Crippen LogP contribution in [-0.4, -0.2) is 55.2 Å². The lowest BCUT2D eigenvalue weighted by molar-refractivity contribution is -0.123. The van der Waals surface area contributed by atoms with Crippen molar-refractivity contribution in [2.45, 2.75) is 58.5 Å². The summed E-state index contributed by atoms with van der Waals surface area (Å²) in [5.41, 5.74) is 3.30. The lowest BCUT2D eigenvalue weighted by Gasteiger charge is -2.32. The Morgan fingerprint density at radius 1 is 1.26 bits per heavy atom. The SMILES string of the molecule is COc1c(C)cnc(CN2CCC(CC(=O)NC3CCOCC3)CC2)c1C. The minimum atomic E-state index is 0.209. The van der Waals surface area contributed by atoms with Gasteiger partial charge in [0.2, 0.25) is 5.91 Å². The summed E-state index contributed by atoms with van der Waals surface area (Å²) < 4.78 is 10.9. The molecule has 1 aromatic rings. The highest BCUT2D eigenvalue weighted by Gasteiger charge is 2.24. The summed E-state index contributed by atoms with van der Waals surface area (Å²) in [7, 11) is 1.72. The smallest absolute Gasteiger partial charge is 0.220 e. The fraction of sp³-hybridized carbons (Fsp3) is 0.714. The van der Waals surface area contributed by atoms with E-state index < -0.39 is 0 Å². The molecule has 0 aromatic carbocycles. The average molecular weight is 376 g/mol. The van der Waals surface area contributed by atoms with Gasteiger partial charge in [0, 0.05) is 49.5 Å². The van der Waals surface area contributed by atoms with Crippen molar-refractivity contribution in [2.75, 3.05) is 33.4 Å². The summed E-state index contributed by atoms with van der Waals surface area (Å²) in [4.78, 5) is 19.4. The average Bonchev–Trinajstić information content (AvgIpc) is 2.67. The fourth-order valence-electron chi connectivity index (χ4n) is 4.18. The number of pyridine rings is 1. The van der Waals surface area contributed by atoms with Crippen LogP contribution in [0.4, 0.5) is 0 Å². The summed E-state index contributed by atoms with van der Waals surface area (Å²) in [6, 6.07) is 0.303. The number of carbonyl (C=O) groups is 1. The molecule has 1 aromatic heterocycles. The molecule has 3 heterocycles. The van der Waals surface area contributed by atoms with Gasteiger partial charge in [0.15, 0.2) is 0 Å². The van der Waals surface area contributed by atoms with Crippen LogP contribution >= 0.6 is 0 Å². The quantitative estimate of drug-likeness (QED) is 0.828. The van der Waals surface area contributed by atoms with Gasteiger partial charge in [-0.25, -0.2) is 0 Å². The number of amides is 1. The number of rotatable bonds is 6. The molecule has 2 aliphatic heterocycles. The lowest BCUT2D eigenvalue weighted by Crippen LogP contribution is -2.41. The normalized spacial score (nSPS) is 19.8. The number of carbonyl (C=O) groups excluding carboxylic acids is 1. The molecule has 3 rings (SSSR count). The van der Waals surface area contributed by atoms with Crippen molar-refractivity contribution in [2.24, 2.45) is 5.92 Å². The third-order valence-corrected chi connectivity index (χ3v) is 5.89. The van der Waals surface area contributed by atoms with Crippen LogP contribution in [0.15, 0.2) is 6.20 Å². The van der Waals surface area contributed by atoms with Crippen LogP contribution in [-0.2, 0) is 16.1 Å². The van der Waals surface area contributed by atoms with Crippen molar-refractivity contribution in [3.8, 4) is 5.75 Å². The largest absolute Gasteiger partial charge is 0.496 e. The Kier molecular flexibility index (Phi) is 7.07. The highest BCUT2D eigenvalue weighted by Crippen LogP contribution is 2.27. The number of hydrogen-bond acceptors (Lipinski definition) is 5. The topological polar surface area (TPSA) is 63.7 Å². The Morgan fingerprint density at radius 2 is 1.96 bits per heavy atom. The Hall–Kier alpha value is -1.66. The van der Waals surface area contributed by atoms with Gasteiger partial charge in [-0.2, -0.15) is 0 Å². The van der Waals surface area contributed by atoms with E-state index >= 15 is 0 Å². The van der Waals surface area contributed by atoms with Crippen LogP contribution in [0.2, 0.25) is 0 Å². The van der Waals surface area contributed by atoms with Crippen LogP contribution in [0.3, 0.4) is 0 Å². The second kappa shape index (κ2) is 9.51. The molecule has 2 aliphatic rings. The van der Waals surface area contributed by atoms with Crippen molar-refractivity contribution in [1.82, 2.24) is 15.2 Å². The predicted molar refractivity (Wildman–Crippen MR) is 105 cm³/mol. The molecule has 27 heavy (non-hydrogen) atoms. The molecule has 2 fully saturated rings. The minimum absolute atomic E-state index is 0.209. The number of aromatic nitrogens is 1. The number of methoxy groups -OCH3 is 1. The molecular weight excluding hydrogens is 342 g/mol. The number of ether oxygens (including phenoxy) is 2. The van der Waals surface area contributed by atoms with Gasteiger partial charge < -0.3 is 14.8 Å². The Bertz CT molecular complexity index is 636. The zero-order valence-corrected chi connectivity index (χ0v) is 16.9. The van der Waals surface area contributed by atoms with Crippen molar-refractivity contribution < 1.29 is 14.3 Å². The summed E-state index contributed by atoms with van der Waals surface area (Å²) in [5, 5.41) is 3.19. The van der Waals surface area contributed by atoms with Crippen LogP contribution in [0, 0.1) is 19.8 Å². The zero-order chi connectivity index (χ0) is 19.2. The van der Waals surface area contributed by atoms with E-state index in [9.17, 15) is 4.79 Å². The molecule has 0 saturated carbocycles. The van der Waals surface area contributed by atoms with Gasteiger partial charge in [0.05, 0.1) is 12.8 Å². The van der Waals surface area contributed by atoms with Crippen LogP contribution in [0.1, 0.15) is 48.9 Å². The first-order valence-electron chi connectivity index (χ1n) is 10.2. The molecule has 0 aliphatic carbocycles. The van der Waals surface area contributed by atoms with E-state index in [1.807, 2.05) is 13.1 Å². The Labute approximate surface area is 162 Å². The summed E-state index contributed by atoms with van der Waals surface area (Å²) in [5.74, 6) is 1.64. The van der Waals surface area contributed by atoms with Gasteiger partial charge in [-0.1, -0.05) is 0 Å². The number of nitrogens with zero attached hydrogens (tertiary/aromatic N) is 2. The first-order chi connectivity index (χ1) is 13.1. The van der Waals surface area contributed by atoms with Crippen molar-refractivity contribution in [1.29, 1.82) is 0 Å². The summed E-state index contributed by atoms with van der Waals surface area (Å²) in [6.45, 7) is 8.53. The number of nitrogens with one attached hydrogen (secondary N) is 1. The molecule has 6 heteroatoms. The molecule has 0 bridgehead atoms. The molecule has 2 saturated heterocycles. The van der Waals surface area contributed by atoms with Gasteiger partial charge in [0.25, 0.3) is 0 Å². The molecule has 0 unspecified atom stereocenters. The Morgan fingerprint density at radius 3 is 2.63 bits per heavy atom. The first-order valence-corrected chi connectivity index (χ1v) is 10.2. The van der Waals surface area contributed by atoms with Gasteiger partial charge >= 0.3 is 0 Å². The van der Waals surface area contributed by atoms with Gasteiger partial charge in [-0.15, -0.1) is 0 Å². The van der Waals surface area contributed by atoms with Gasteiger partial charge in [-0.05, 0) is 58.5 Å². The van der Waals surface area contributed by atoms with Crippen LogP contribution in [0.5, 0.6) is 5.75 Å². The first kappa shape index (κ1) is 20.1. The zero-order valence-electron chi connectivity index (χ0n) is 16.9. The van der Waals surface area contributed by atoms with E-state index in [2.05, 4.69) is 22.1 Å². The second-order valence-corrected chi connectivity index (χ2v) is 7.92. The standard InChI is InChI=1S/C21H33N3O3/c1-15-13-22-19(16(2)21(15)26-3)14-24-8-4-17(5-9-24)12-20(25)23-18-6-10-27-11-7-18/h13,17-18H,4-12,14H2,1-3H3,(H,23,25). The molecule has 0 spiro atoms. The third kappa shape index (κ3) is 5.42. The van der Waals surface area contributed by atoms with Crippen LogP contribution in [0.25, 0.3) is 0 Å². The van der Waals surface area contributed by atoms with Crippen molar-refractivity contribution in [3.05, 3.63) is 23.0 Å². The number of aryl methyl sites for hydroxylation is 1. The summed E-state index contributed by atoms with van der Waals surface area (Å²) >= 11 is 0. The van der Waals surface area contributed by atoms with E-state index in [-0.39, 0.29) is 5.91 Å². The Balaban J connectivity index is 1.44. The van der Waals surface area contributed by atoms with E-state index in [4.69, 9.17) is 9.47 Å². The summed E-state index contributed by atoms with van der Waals surface area (Å²) in [6.07, 6.45) is 6.58.